The van der Waals surface area contributed by atoms with E-state index in [1.54, 1.807) is 25.3 Å². The minimum absolute atomic E-state index is 0.0588. The fourth-order valence-electron chi connectivity index (χ4n) is 3.37. The second kappa shape index (κ2) is 8.05. The first-order chi connectivity index (χ1) is 13.9. The third-order valence-electron chi connectivity index (χ3n) is 4.79. The Hall–Kier alpha value is -2.56. The maximum atomic E-state index is 14.3. The lowest BCUT2D eigenvalue weighted by Gasteiger charge is -2.31. The molecule has 2 aromatic heterocycles. The molecule has 0 aliphatic carbocycles. The Morgan fingerprint density at radius 1 is 1.45 bits per heavy atom. The Labute approximate surface area is 175 Å². The van der Waals surface area contributed by atoms with E-state index >= 15 is 0 Å². The van der Waals surface area contributed by atoms with Crippen LogP contribution in [-0.4, -0.2) is 39.6 Å². The second-order valence-electron chi connectivity index (χ2n) is 6.90. The van der Waals surface area contributed by atoms with Crippen LogP contribution in [0.2, 0.25) is 0 Å². The molecule has 152 valence electrons. The fraction of sp³-hybridized carbons (Fsp3) is 0.316. The average molecular weight is 434 g/mol. The quantitative estimate of drug-likeness (QED) is 0.582. The van der Waals surface area contributed by atoms with Crippen LogP contribution in [-0.2, 0) is 0 Å². The van der Waals surface area contributed by atoms with Gasteiger partial charge in [0.2, 0.25) is 0 Å². The van der Waals surface area contributed by atoms with Gasteiger partial charge in [0.25, 0.3) is 5.91 Å². The van der Waals surface area contributed by atoms with Gasteiger partial charge >= 0.3 is 0 Å². The van der Waals surface area contributed by atoms with Crippen LogP contribution in [0.15, 0.2) is 24.4 Å². The van der Waals surface area contributed by atoms with Crippen molar-refractivity contribution in [2.75, 3.05) is 29.0 Å². The molecular formula is C19H20FN5O2S2. The number of anilines is 3. The molecule has 1 aliphatic heterocycles. The van der Waals surface area contributed by atoms with Gasteiger partial charge in [-0.2, -0.15) is 4.37 Å². The van der Waals surface area contributed by atoms with Gasteiger partial charge in [0, 0.05) is 18.7 Å². The van der Waals surface area contributed by atoms with Gasteiger partial charge in [-0.25, -0.2) is 9.37 Å². The second-order valence-corrected chi connectivity index (χ2v) is 8.72. The highest BCUT2D eigenvalue weighted by atomic mass is 32.1. The molecular weight excluding hydrogens is 413 g/mol. The number of aryl methyl sites for hydroxylation is 1. The van der Waals surface area contributed by atoms with Crippen molar-refractivity contribution >= 4 is 44.5 Å². The topological polar surface area (TPSA) is 104 Å². The van der Waals surface area contributed by atoms with Crippen molar-refractivity contribution in [1.29, 1.82) is 0 Å². The zero-order valence-corrected chi connectivity index (χ0v) is 17.3. The Bertz CT molecular complexity index is 1030. The van der Waals surface area contributed by atoms with Gasteiger partial charge < -0.3 is 21.1 Å². The SMILES string of the molecule is Cc1cccc(F)c1-c1nc(C(=O)Nc2cnsc2N2CCCC(O)C2)c(N)s1. The standard InChI is InChI=1S/C19H20FN5O2S2/c1-10-4-2-6-12(20)14(10)18-24-15(16(21)28-18)17(27)23-13-8-22-29-19(13)25-7-3-5-11(26)9-25/h2,4,6,8,11,26H,3,5,7,9,21H2,1H3,(H,23,27). The molecule has 1 aliphatic rings. The smallest absolute Gasteiger partial charge is 0.277 e. The number of carbonyl (C=O) groups excluding carboxylic acids is 1. The normalized spacial score (nSPS) is 16.8. The highest BCUT2D eigenvalue weighted by Crippen LogP contribution is 2.36. The molecule has 10 heteroatoms. The number of nitrogens with zero attached hydrogens (tertiary/aromatic N) is 3. The summed E-state index contributed by atoms with van der Waals surface area (Å²) in [7, 11) is 0. The fourth-order valence-corrected chi connectivity index (χ4v) is 5.05. The Morgan fingerprint density at radius 2 is 2.28 bits per heavy atom. The summed E-state index contributed by atoms with van der Waals surface area (Å²) in [6.45, 7) is 3.07. The highest BCUT2D eigenvalue weighted by molar-refractivity contribution is 7.19. The molecule has 0 radical (unpaired) electrons. The molecule has 1 amide bonds. The third kappa shape index (κ3) is 3.96. The van der Waals surface area contributed by atoms with Crippen molar-refractivity contribution in [2.45, 2.75) is 25.9 Å². The lowest BCUT2D eigenvalue weighted by atomic mass is 10.1. The summed E-state index contributed by atoms with van der Waals surface area (Å²) < 4.78 is 18.4. The summed E-state index contributed by atoms with van der Waals surface area (Å²) in [5, 5.41) is 14.1. The van der Waals surface area contributed by atoms with E-state index in [-0.39, 0.29) is 10.7 Å². The van der Waals surface area contributed by atoms with E-state index in [0.717, 1.165) is 41.3 Å². The predicted molar refractivity (Wildman–Crippen MR) is 114 cm³/mol. The highest BCUT2D eigenvalue weighted by Gasteiger charge is 2.25. The van der Waals surface area contributed by atoms with Crippen LogP contribution in [0, 0.1) is 12.7 Å². The lowest BCUT2D eigenvalue weighted by molar-refractivity contribution is 0.102. The molecule has 1 unspecified atom stereocenters. The van der Waals surface area contributed by atoms with Crippen molar-refractivity contribution in [1.82, 2.24) is 9.36 Å². The largest absolute Gasteiger partial charge is 0.391 e. The molecule has 0 spiro atoms. The number of halogens is 1. The molecule has 1 atom stereocenters. The first kappa shape index (κ1) is 19.7. The number of hydrogen-bond donors (Lipinski definition) is 3. The minimum Gasteiger partial charge on any atom is -0.391 e. The number of thiazole rings is 1. The Balaban J connectivity index is 1.58. The number of rotatable bonds is 4. The van der Waals surface area contributed by atoms with Gasteiger partial charge in [-0.15, -0.1) is 0 Å². The number of amides is 1. The monoisotopic (exact) mass is 433 g/mol. The molecule has 3 aromatic rings. The van der Waals surface area contributed by atoms with Crippen LogP contribution in [0.25, 0.3) is 10.6 Å². The zero-order valence-electron chi connectivity index (χ0n) is 15.7. The van der Waals surface area contributed by atoms with Gasteiger partial charge in [0.1, 0.15) is 20.8 Å². The molecule has 0 bridgehead atoms. The van der Waals surface area contributed by atoms with Crippen molar-refractivity contribution in [2.24, 2.45) is 0 Å². The molecule has 29 heavy (non-hydrogen) atoms. The van der Waals surface area contributed by atoms with Crippen molar-refractivity contribution < 1.29 is 14.3 Å². The van der Waals surface area contributed by atoms with Crippen LogP contribution >= 0.6 is 22.9 Å². The molecule has 1 fully saturated rings. The zero-order chi connectivity index (χ0) is 20.5. The number of nitrogen functional groups attached to an aromatic ring is 1. The van der Waals surface area contributed by atoms with E-state index in [1.807, 2.05) is 4.90 Å². The summed E-state index contributed by atoms with van der Waals surface area (Å²) in [5.41, 5.74) is 7.70. The number of nitrogens with one attached hydrogen (secondary N) is 1. The average Bonchev–Trinajstić information content (AvgIpc) is 3.28. The van der Waals surface area contributed by atoms with Crippen LogP contribution in [0.1, 0.15) is 28.9 Å². The van der Waals surface area contributed by atoms with E-state index in [1.165, 1.54) is 17.6 Å². The van der Waals surface area contributed by atoms with E-state index in [0.29, 0.717) is 22.8 Å². The molecule has 1 aromatic carbocycles. The minimum atomic E-state index is -0.474. The number of piperidine rings is 1. The molecule has 1 saturated heterocycles. The van der Waals surface area contributed by atoms with Crippen molar-refractivity contribution in [3.05, 3.63) is 41.5 Å². The first-order valence-electron chi connectivity index (χ1n) is 9.15. The molecule has 4 N–H and O–H groups in total. The van der Waals surface area contributed by atoms with Crippen molar-refractivity contribution in [3.63, 3.8) is 0 Å². The molecule has 3 heterocycles. The molecule has 4 rings (SSSR count). The lowest BCUT2D eigenvalue weighted by Crippen LogP contribution is -2.38. The van der Waals surface area contributed by atoms with E-state index < -0.39 is 17.8 Å². The summed E-state index contributed by atoms with van der Waals surface area (Å²) in [6, 6.07) is 4.77. The number of aromatic nitrogens is 2. The maximum Gasteiger partial charge on any atom is 0.277 e. The number of aliphatic hydroxyl groups is 1. The number of aliphatic hydroxyl groups excluding tert-OH is 1. The van der Waals surface area contributed by atoms with E-state index in [2.05, 4.69) is 14.7 Å². The van der Waals surface area contributed by atoms with Gasteiger partial charge in [-0.05, 0) is 42.9 Å². The number of benzene rings is 1. The van der Waals surface area contributed by atoms with Gasteiger partial charge in [-0.3, -0.25) is 4.79 Å². The third-order valence-corrected chi connectivity index (χ3v) is 6.55. The van der Waals surface area contributed by atoms with Crippen LogP contribution in [0.3, 0.4) is 0 Å². The predicted octanol–water partition coefficient (Wildman–Crippen LogP) is 3.51. The summed E-state index contributed by atoms with van der Waals surface area (Å²) >= 11 is 2.34. The van der Waals surface area contributed by atoms with Crippen LogP contribution < -0.4 is 16.0 Å². The summed E-state index contributed by atoms with van der Waals surface area (Å²) in [5.74, 6) is -0.878. The Morgan fingerprint density at radius 3 is 3.03 bits per heavy atom. The number of nitrogens with two attached hydrogens (primary N) is 1. The molecule has 7 nitrogen and oxygen atoms in total. The van der Waals surface area contributed by atoms with E-state index in [9.17, 15) is 14.3 Å². The molecule has 0 saturated carbocycles. The van der Waals surface area contributed by atoms with E-state index in [4.69, 9.17) is 5.73 Å². The Kier molecular flexibility index (Phi) is 5.48. The van der Waals surface area contributed by atoms with Crippen LogP contribution in [0.5, 0.6) is 0 Å². The number of hydrogen-bond acceptors (Lipinski definition) is 8. The summed E-state index contributed by atoms with van der Waals surface area (Å²) in [6.07, 6.45) is 2.82. The number of carbonyl (C=O) groups is 1. The first-order valence-corrected chi connectivity index (χ1v) is 10.7. The van der Waals surface area contributed by atoms with Crippen molar-refractivity contribution in [3.8, 4) is 10.6 Å². The van der Waals surface area contributed by atoms with Gasteiger partial charge in [0.15, 0.2) is 5.69 Å². The maximum absolute atomic E-state index is 14.3. The number of β-amino-alcohol motifs (C(OH)–C–C–N with tert-alkyl or cyclic N) is 1. The van der Waals surface area contributed by atoms with Gasteiger partial charge in [-0.1, -0.05) is 23.5 Å². The summed E-state index contributed by atoms with van der Waals surface area (Å²) in [4.78, 5) is 19.1. The van der Waals surface area contributed by atoms with Gasteiger partial charge in [0.05, 0.1) is 18.0 Å². The van der Waals surface area contributed by atoms with Crippen LogP contribution in [0.4, 0.5) is 20.1 Å².